The van der Waals surface area contributed by atoms with E-state index in [4.69, 9.17) is 15.2 Å². The minimum absolute atomic E-state index is 0.677. The van der Waals surface area contributed by atoms with Crippen LogP contribution in [-0.4, -0.2) is 51.5 Å². The summed E-state index contributed by atoms with van der Waals surface area (Å²) in [5, 5.41) is 0. The van der Waals surface area contributed by atoms with E-state index in [0.29, 0.717) is 6.54 Å². The van der Waals surface area contributed by atoms with Gasteiger partial charge in [0.05, 0.1) is 6.61 Å². The van der Waals surface area contributed by atoms with E-state index in [9.17, 15) is 0 Å². The van der Waals surface area contributed by atoms with E-state index in [0.717, 1.165) is 45.9 Å². The highest BCUT2D eigenvalue weighted by atomic mass is 16.5. The molecular weight excluding hydrogens is 240 g/mol. The Morgan fingerprint density at radius 3 is 2.53 bits per heavy atom. The van der Waals surface area contributed by atoms with Crippen molar-refractivity contribution in [3.63, 3.8) is 0 Å². The van der Waals surface area contributed by atoms with Crippen molar-refractivity contribution < 1.29 is 9.47 Å². The third-order valence-electron chi connectivity index (χ3n) is 2.88. The minimum atomic E-state index is 0.677. The second-order valence-electron chi connectivity index (χ2n) is 4.51. The van der Waals surface area contributed by atoms with E-state index in [1.165, 1.54) is 5.56 Å². The Morgan fingerprint density at radius 1 is 1.05 bits per heavy atom. The number of hydrogen-bond donors (Lipinski definition) is 1. The van der Waals surface area contributed by atoms with Crippen LogP contribution in [0.25, 0.3) is 0 Å². The first-order chi connectivity index (χ1) is 9.36. The van der Waals surface area contributed by atoms with Crippen LogP contribution in [0.3, 0.4) is 0 Å². The van der Waals surface area contributed by atoms with Gasteiger partial charge in [-0.2, -0.15) is 0 Å². The van der Waals surface area contributed by atoms with Gasteiger partial charge in [0.25, 0.3) is 0 Å². The average molecular weight is 266 g/mol. The molecule has 1 rings (SSSR count). The monoisotopic (exact) mass is 266 g/mol. The molecule has 2 N–H and O–H groups in total. The second-order valence-corrected chi connectivity index (χ2v) is 4.51. The van der Waals surface area contributed by atoms with Crippen LogP contribution in [0.1, 0.15) is 12.0 Å². The lowest BCUT2D eigenvalue weighted by molar-refractivity contribution is 0.0827. The van der Waals surface area contributed by atoms with Crippen molar-refractivity contribution >= 4 is 0 Å². The van der Waals surface area contributed by atoms with Crippen LogP contribution in [0.15, 0.2) is 30.3 Å². The Kier molecular flexibility index (Phi) is 9.27. The van der Waals surface area contributed by atoms with Gasteiger partial charge < -0.3 is 15.2 Å². The summed E-state index contributed by atoms with van der Waals surface area (Å²) < 4.78 is 10.6. The smallest absolute Gasteiger partial charge is 0.0593 e. The standard InChI is InChI=1S/C15H26N2O2/c1-18-11-5-12-19-13-10-17(9-8-16)14-15-6-3-2-4-7-15/h2-4,6-7H,5,8-14,16H2,1H3. The van der Waals surface area contributed by atoms with Crippen LogP contribution >= 0.6 is 0 Å². The molecule has 0 aliphatic heterocycles. The molecule has 0 atom stereocenters. The molecule has 1 aromatic carbocycles. The maximum absolute atomic E-state index is 5.65. The number of ether oxygens (including phenoxy) is 2. The molecule has 0 spiro atoms. The number of nitrogens with two attached hydrogens (primary N) is 1. The summed E-state index contributed by atoms with van der Waals surface area (Å²) >= 11 is 0. The maximum Gasteiger partial charge on any atom is 0.0593 e. The van der Waals surface area contributed by atoms with Crippen LogP contribution in [0.5, 0.6) is 0 Å². The molecule has 108 valence electrons. The van der Waals surface area contributed by atoms with Gasteiger partial charge in [-0.15, -0.1) is 0 Å². The van der Waals surface area contributed by atoms with Crippen molar-refractivity contribution in [2.24, 2.45) is 5.73 Å². The quantitative estimate of drug-likeness (QED) is 0.617. The molecular formula is C15H26N2O2. The van der Waals surface area contributed by atoms with E-state index >= 15 is 0 Å². The fourth-order valence-electron chi connectivity index (χ4n) is 1.90. The number of hydrogen-bond acceptors (Lipinski definition) is 4. The van der Waals surface area contributed by atoms with E-state index in [2.05, 4.69) is 29.2 Å². The first-order valence-corrected chi connectivity index (χ1v) is 6.90. The first kappa shape index (κ1) is 16.1. The van der Waals surface area contributed by atoms with Crippen LogP contribution < -0.4 is 5.73 Å². The summed E-state index contributed by atoms with van der Waals surface area (Å²) in [6.07, 6.45) is 0.950. The molecule has 0 radical (unpaired) electrons. The minimum Gasteiger partial charge on any atom is -0.385 e. The molecule has 0 aliphatic carbocycles. The Hall–Kier alpha value is -0.940. The predicted molar refractivity (Wildman–Crippen MR) is 78.1 cm³/mol. The third kappa shape index (κ3) is 7.95. The number of benzene rings is 1. The molecule has 0 heterocycles. The van der Waals surface area contributed by atoms with Crippen LogP contribution in [0, 0.1) is 0 Å². The van der Waals surface area contributed by atoms with Crippen LogP contribution in [-0.2, 0) is 16.0 Å². The fourth-order valence-corrected chi connectivity index (χ4v) is 1.90. The summed E-state index contributed by atoms with van der Waals surface area (Å²) in [5.41, 5.74) is 6.97. The maximum atomic E-state index is 5.65. The number of methoxy groups -OCH3 is 1. The van der Waals surface area contributed by atoms with Gasteiger partial charge in [0.15, 0.2) is 0 Å². The van der Waals surface area contributed by atoms with Gasteiger partial charge in [-0.25, -0.2) is 0 Å². The second kappa shape index (κ2) is 10.9. The highest BCUT2D eigenvalue weighted by Crippen LogP contribution is 2.03. The van der Waals surface area contributed by atoms with Crippen molar-refractivity contribution in [1.82, 2.24) is 4.90 Å². The zero-order valence-electron chi connectivity index (χ0n) is 11.9. The normalized spacial score (nSPS) is 11.1. The lowest BCUT2D eigenvalue weighted by Gasteiger charge is -2.21. The van der Waals surface area contributed by atoms with Crippen LogP contribution in [0.4, 0.5) is 0 Å². The summed E-state index contributed by atoms with van der Waals surface area (Å²) in [4.78, 5) is 2.33. The Bertz CT molecular complexity index is 306. The van der Waals surface area contributed by atoms with E-state index < -0.39 is 0 Å². The van der Waals surface area contributed by atoms with Gasteiger partial charge in [0.1, 0.15) is 0 Å². The average Bonchev–Trinajstić information content (AvgIpc) is 2.44. The molecule has 0 aliphatic rings. The highest BCUT2D eigenvalue weighted by Gasteiger charge is 2.04. The highest BCUT2D eigenvalue weighted by molar-refractivity contribution is 5.14. The predicted octanol–water partition coefficient (Wildman–Crippen LogP) is 1.50. The van der Waals surface area contributed by atoms with Crippen molar-refractivity contribution in [1.29, 1.82) is 0 Å². The third-order valence-corrected chi connectivity index (χ3v) is 2.88. The summed E-state index contributed by atoms with van der Waals surface area (Å²) in [6, 6.07) is 10.5. The molecule has 0 saturated carbocycles. The van der Waals surface area contributed by atoms with Gasteiger partial charge in [-0.1, -0.05) is 30.3 Å². The van der Waals surface area contributed by atoms with Gasteiger partial charge in [-0.3, -0.25) is 4.90 Å². The van der Waals surface area contributed by atoms with Gasteiger partial charge >= 0.3 is 0 Å². The van der Waals surface area contributed by atoms with E-state index in [-0.39, 0.29) is 0 Å². The Morgan fingerprint density at radius 2 is 1.84 bits per heavy atom. The summed E-state index contributed by atoms with van der Waals surface area (Å²) in [7, 11) is 1.71. The number of rotatable bonds is 11. The van der Waals surface area contributed by atoms with Crippen molar-refractivity contribution in [2.45, 2.75) is 13.0 Å². The van der Waals surface area contributed by atoms with Gasteiger partial charge in [0, 0.05) is 46.5 Å². The number of nitrogens with zero attached hydrogens (tertiary/aromatic N) is 1. The van der Waals surface area contributed by atoms with Crippen molar-refractivity contribution in [2.75, 3.05) is 46.6 Å². The lowest BCUT2D eigenvalue weighted by atomic mass is 10.2. The SMILES string of the molecule is COCCCOCCN(CCN)Cc1ccccc1. The van der Waals surface area contributed by atoms with E-state index in [1.54, 1.807) is 7.11 Å². The fraction of sp³-hybridized carbons (Fsp3) is 0.600. The zero-order valence-corrected chi connectivity index (χ0v) is 11.9. The molecule has 4 heteroatoms. The summed E-state index contributed by atoms with van der Waals surface area (Å²) in [6.45, 7) is 5.69. The molecule has 19 heavy (non-hydrogen) atoms. The molecule has 4 nitrogen and oxygen atoms in total. The zero-order chi connectivity index (χ0) is 13.8. The largest absolute Gasteiger partial charge is 0.385 e. The first-order valence-electron chi connectivity index (χ1n) is 6.90. The topological polar surface area (TPSA) is 47.7 Å². The molecule has 0 saturated heterocycles. The molecule has 0 fully saturated rings. The molecule has 1 aromatic rings. The molecule has 0 bridgehead atoms. The Balaban J connectivity index is 2.21. The Labute approximate surface area is 116 Å². The van der Waals surface area contributed by atoms with Gasteiger partial charge in [0.2, 0.25) is 0 Å². The van der Waals surface area contributed by atoms with Crippen molar-refractivity contribution in [3.05, 3.63) is 35.9 Å². The molecule has 0 amide bonds. The summed E-state index contributed by atoms with van der Waals surface area (Å²) in [5.74, 6) is 0. The van der Waals surface area contributed by atoms with E-state index in [1.807, 2.05) is 6.07 Å². The van der Waals surface area contributed by atoms with Crippen LogP contribution in [0.2, 0.25) is 0 Å². The van der Waals surface area contributed by atoms with Gasteiger partial charge in [-0.05, 0) is 12.0 Å². The lowest BCUT2D eigenvalue weighted by Crippen LogP contribution is -2.32. The molecule has 0 aromatic heterocycles. The molecule has 0 unspecified atom stereocenters. The van der Waals surface area contributed by atoms with Crippen molar-refractivity contribution in [3.8, 4) is 0 Å².